The van der Waals surface area contributed by atoms with E-state index in [0.717, 1.165) is 41.0 Å². The van der Waals surface area contributed by atoms with Crippen molar-refractivity contribution in [2.24, 2.45) is 4.99 Å². The fraction of sp³-hybridized carbons (Fsp3) is 0.308. The number of fused-ring (bicyclic) bond motifs is 1. The van der Waals surface area contributed by atoms with Crippen LogP contribution < -0.4 is 10.5 Å². The molecule has 1 aliphatic carbocycles. The highest BCUT2D eigenvalue weighted by Crippen LogP contribution is 2.35. The number of anilines is 1. The molecule has 0 unspecified atom stereocenters. The number of aliphatic imine (C=N–C) groups is 1. The molecule has 33 heavy (non-hydrogen) atoms. The van der Waals surface area contributed by atoms with E-state index in [4.69, 9.17) is 20.6 Å². The molecule has 0 bridgehead atoms. The lowest BCUT2D eigenvalue weighted by molar-refractivity contribution is 0.476. The topological polar surface area (TPSA) is 91.2 Å². The molecular formula is C26H28N6O. The average Bonchev–Trinajstić information content (AvgIpc) is 3.50. The van der Waals surface area contributed by atoms with Gasteiger partial charge in [-0.3, -0.25) is 4.99 Å². The zero-order chi connectivity index (χ0) is 22.8. The van der Waals surface area contributed by atoms with E-state index < -0.39 is 0 Å². The maximum Gasteiger partial charge on any atom is 0.164 e. The number of rotatable bonds is 6. The monoisotopic (exact) mass is 440 g/mol. The first-order chi connectivity index (χ1) is 16.2. The largest absolute Gasteiger partial charge is 0.457 e. The summed E-state index contributed by atoms with van der Waals surface area (Å²) in [5.41, 5.74) is 9.54. The number of nitrogens with two attached hydrogens (primary N) is 1. The van der Waals surface area contributed by atoms with Crippen molar-refractivity contribution in [2.75, 3.05) is 12.8 Å². The SMILES string of the molecule is CCc1nc(N)c2c(/C(=N/C)c3ccccc3Oc3ccccc3)nn(C3CCCC3)c2n1. The van der Waals surface area contributed by atoms with Crippen LogP contribution >= 0.6 is 0 Å². The van der Waals surface area contributed by atoms with Crippen LogP contribution in [0, 0.1) is 0 Å². The molecule has 7 heteroatoms. The molecule has 5 rings (SSSR count). The fourth-order valence-electron chi connectivity index (χ4n) is 4.56. The first-order valence-corrected chi connectivity index (χ1v) is 11.5. The van der Waals surface area contributed by atoms with Crippen LogP contribution in [0.1, 0.15) is 55.7 Å². The third-order valence-electron chi connectivity index (χ3n) is 6.17. The third kappa shape index (κ3) is 3.95. The Morgan fingerprint density at radius 1 is 1.06 bits per heavy atom. The zero-order valence-electron chi connectivity index (χ0n) is 19.0. The van der Waals surface area contributed by atoms with Crippen molar-refractivity contribution in [2.45, 2.75) is 45.1 Å². The molecule has 0 spiro atoms. The lowest BCUT2D eigenvalue weighted by Gasteiger charge is -2.12. The summed E-state index contributed by atoms with van der Waals surface area (Å²) in [6, 6.07) is 17.9. The summed E-state index contributed by atoms with van der Waals surface area (Å²) in [6.07, 6.45) is 5.30. The van der Waals surface area contributed by atoms with Crippen LogP contribution in [0.25, 0.3) is 11.0 Å². The molecular weight excluding hydrogens is 412 g/mol. The number of benzene rings is 2. The quantitative estimate of drug-likeness (QED) is 0.408. The number of aryl methyl sites for hydroxylation is 1. The van der Waals surface area contributed by atoms with Crippen molar-refractivity contribution in [3.8, 4) is 11.5 Å². The van der Waals surface area contributed by atoms with Crippen molar-refractivity contribution >= 4 is 22.6 Å². The van der Waals surface area contributed by atoms with Gasteiger partial charge >= 0.3 is 0 Å². The van der Waals surface area contributed by atoms with Crippen LogP contribution in [0.3, 0.4) is 0 Å². The van der Waals surface area contributed by atoms with Gasteiger partial charge < -0.3 is 10.5 Å². The van der Waals surface area contributed by atoms with Gasteiger partial charge in [0, 0.05) is 19.0 Å². The van der Waals surface area contributed by atoms with Gasteiger partial charge in [0.15, 0.2) is 5.65 Å². The summed E-state index contributed by atoms with van der Waals surface area (Å²) in [7, 11) is 1.77. The highest BCUT2D eigenvalue weighted by Gasteiger charge is 2.27. The fourth-order valence-corrected chi connectivity index (χ4v) is 4.56. The molecule has 0 radical (unpaired) electrons. The van der Waals surface area contributed by atoms with E-state index in [1.165, 1.54) is 12.8 Å². The standard InChI is InChI=1S/C26H28N6O/c1-3-21-29-25(27)22-24(31-32(26(22)30-21)17-11-7-8-12-17)23(28-2)19-15-9-10-16-20(19)33-18-13-5-4-6-14-18/h4-6,9-10,13-17H,3,7-8,11-12H2,1-2H3,(H2,27,29,30)/b28-23+. The van der Waals surface area contributed by atoms with E-state index in [0.29, 0.717) is 35.4 Å². The van der Waals surface area contributed by atoms with Crippen LogP contribution in [-0.2, 0) is 6.42 Å². The molecule has 7 nitrogen and oxygen atoms in total. The second kappa shape index (κ2) is 9.02. The van der Waals surface area contributed by atoms with E-state index >= 15 is 0 Å². The summed E-state index contributed by atoms with van der Waals surface area (Å²) in [4.78, 5) is 14.0. The molecule has 2 aromatic carbocycles. The maximum absolute atomic E-state index is 6.49. The number of aromatic nitrogens is 4. The smallest absolute Gasteiger partial charge is 0.164 e. The van der Waals surface area contributed by atoms with Crippen molar-refractivity contribution < 1.29 is 4.74 Å². The van der Waals surface area contributed by atoms with Gasteiger partial charge in [-0.1, -0.05) is 50.1 Å². The van der Waals surface area contributed by atoms with Gasteiger partial charge in [-0.25, -0.2) is 14.6 Å². The number of nitrogen functional groups attached to an aromatic ring is 1. The predicted molar refractivity (Wildman–Crippen MR) is 131 cm³/mol. The highest BCUT2D eigenvalue weighted by atomic mass is 16.5. The minimum atomic E-state index is 0.314. The Kier molecular flexibility index (Phi) is 5.77. The molecule has 1 aliphatic rings. The van der Waals surface area contributed by atoms with Gasteiger partial charge in [-0.15, -0.1) is 0 Å². The minimum absolute atomic E-state index is 0.314. The van der Waals surface area contributed by atoms with Crippen LogP contribution in [0.2, 0.25) is 0 Å². The van der Waals surface area contributed by atoms with Crippen molar-refractivity contribution in [1.82, 2.24) is 19.7 Å². The zero-order valence-corrected chi connectivity index (χ0v) is 19.0. The Bertz CT molecular complexity index is 1310. The second-order valence-electron chi connectivity index (χ2n) is 8.29. The Morgan fingerprint density at radius 3 is 2.52 bits per heavy atom. The molecule has 0 saturated heterocycles. The van der Waals surface area contributed by atoms with Crippen LogP contribution in [-0.4, -0.2) is 32.5 Å². The van der Waals surface area contributed by atoms with Gasteiger partial charge in [0.1, 0.15) is 28.8 Å². The van der Waals surface area contributed by atoms with Crippen LogP contribution in [0.15, 0.2) is 59.6 Å². The van der Waals surface area contributed by atoms with E-state index in [1.54, 1.807) is 7.05 Å². The summed E-state index contributed by atoms with van der Waals surface area (Å²) < 4.78 is 8.28. The molecule has 1 saturated carbocycles. The first kappa shape index (κ1) is 21.1. The van der Waals surface area contributed by atoms with Crippen molar-refractivity contribution in [3.63, 3.8) is 0 Å². The number of nitrogens with zero attached hydrogens (tertiary/aromatic N) is 5. The van der Waals surface area contributed by atoms with Crippen LogP contribution in [0.4, 0.5) is 5.82 Å². The molecule has 4 aromatic rings. The number of hydrogen-bond acceptors (Lipinski definition) is 6. The van der Waals surface area contributed by atoms with Crippen molar-refractivity contribution in [3.05, 3.63) is 71.7 Å². The Morgan fingerprint density at radius 2 is 1.79 bits per heavy atom. The molecule has 0 aliphatic heterocycles. The first-order valence-electron chi connectivity index (χ1n) is 11.5. The van der Waals surface area contributed by atoms with E-state index in [1.807, 2.05) is 61.5 Å². The number of hydrogen-bond donors (Lipinski definition) is 1. The number of para-hydroxylation sites is 2. The van der Waals surface area contributed by atoms with Gasteiger partial charge in [-0.2, -0.15) is 5.10 Å². The summed E-state index contributed by atoms with van der Waals surface area (Å²) in [5, 5.41) is 5.81. The van der Waals surface area contributed by atoms with Gasteiger partial charge in [0.25, 0.3) is 0 Å². The second-order valence-corrected chi connectivity index (χ2v) is 8.29. The molecule has 2 heterocycles. The number of ether oxygens (including phenoxy) is 1. The molecule has 0 amide bonds. The average molecular weight is 441 g/mol. The Hall–Kier alpha value is -3.74. The van der Waals surface area contributed by atoms with E-state index in [2.05, 4.69) is 14.7 Å². The third-order valence-corrected chi connectivity index (χ3v) is 6.17. The lowest BCUT2D eigenvalue weighted by Crippen LogP contribution is -2.11. The van der Waals surface area contributed by atoms with Gasteiger partial charge in [-0.05, 0) is 37.1 Å². The molecule has 168 valence electrons. The Balaban J connectivity index is 1.67. The summed E-state index contributed by atoms with van der Waals surface area (Å²) in [6.45, 7) is 2.04. The van der Waals surface area contributed by atoms with Crippen LogP contribution in [0.5, 0.6) is 11.5 Å². The predicted octanol–water partition coefficient (Wildman–Crippen LogP) is 5.35. The molecule has 2 N–H and O–H groups in total. The van der Waals surface area contributed by atoms with Crippen molar-refractivity contribution in [1.29, 1.82) is 0 Å². The molecule has 2 aromatic heterocycles. The highest BCUT2D eigenvalue weighted by molar-refractivity contribution is 6.20. The molecule has 0 atom stereocenters. The molecule has 1 fully saturated rings. The van der Waals surface area contributed by atoms with Gasteiger partial charge in [0.05, 0.1) is 17.1 Å². The normalized spacial score (nSPS) is 14.8. The van der Waals surface area contributed by atoms with E-state index in [-0.39, 0.29) is 0 Å². The van der Waals surface area contributed by atoms with E-state index in [9.17, 15) is 0 Å². The summed E-state index contributed by atoms with van der Waals surface area (Å²) in [5.74, 6) is 2.64. The summed E-state index contributed by atoms with van der Waals surface area (Å²) >= 11 is 0. The van der Waals surface area contributed by atoms with Gasteiger partial charge in [0.2, 0.25) is 0 Å². The minimum Gasteiger partial charge on any atom is -0.457 e. The maximum atomic E-state index is 6.49. The Labute approximate surface area is 193 Å². The lowest BCUT2D eigenvalue weighted by atomic mass is 10.0.